The molecule has 1 aromatic carbocycles. The molecule has 1 fully saturated rings. The van der Waals surface area contributed by atoms with Gasteiger partial charge in [0.25, 0.3) is 0 Å². The van der Waals surface area contributed by atoms with E-state index in [1.807, 2.05) is 13.0 Å². The predicted molar refractivity (Wildman–Crippen MR) is 62.0 cm³/mol. The normalized spacial score (nSPS) is 21.9. The Morgan fingerprint density at radius 2 is 2.06 bits per heavy atom. The molecule has 1 aliphatic carbocycles. The first kappa shape index (κ1) is 11.3. The van der Waals surface area contributed by atoms with E-state index >= 15 is 0 Å². The minimum absolute atomic E-state index is 0.188. The van der Waals surface area contributed by atoms with Crippen molar-refractivity contribution in [2.75, 3.05) is 0 Å². The molecule has 0 radical (unpaired) electrons. The summed E-state index contributed by atoms with van der Waals surface area (Å²) >= 11 is 0. The molecule has 0 amide bonds. The SMILES string of the molecule is Cc1cc(F)cc(C2CCCCC(=O)C2)c1. The number of carbonyl (C=O) groups excluding carboxylic acids is 1. The van der Waals surface area contributed by atoms with Crippen LogP contribution in [0.15, 0.2) is 18.2 Å². The summed E-state index contributed by atoms with van der Waals surface area (Å²) in [6.45, 7) is 1.89. The average molecular weight is 220 g/mol. The number of halogens is 1. The zero-order valence-electron chi connectivity index (χ0n) is 9.63. The lowest BCUT2D eigenvalue weighted by atomic mass is 9.90. The van der Waals surface area contributed by atoms with Crippen molar-refractivity contribution in [2.45, 2.75) is 44.9 Å². The van der Waals surface area contributed by atoms with Crippen molar-refractivity contribution in [2.24, 2.45) is 0 Å². The molecule has 1 nitrogen and oxygen atoms in total. The van der Waals surface area contributed by atoms with Gasteiger partial charge in [0.1, 0.15) is 11.6 Å². The number of hydrogen-bond acceptors (Lipinski definition) is 1. The van der Waals surface area contributed by atoms with Gasteiger partial charge in [0.2, 0.25) is 0 Å². The molecule has 1 unspecified atom stereocenters. The Bertz CT molecular complexity index is 377. The first-order valence-corrected chi connectivity index (χ1v) is 5.94. The molecule has 0 aliphatic heterocycles. The van der Waals surface area contributed by atoms with E-state index in [0.717, 1.165) is 30.4 Å². The van der Waals surface area contributed by atoms with Crippen LogP contribution in [0, 0.1) is 12.7 Å². The maximum atomic E-state index is 13.3. The molecule has 0 spiro atoms. The van der Waals surface area contributed by atoms with Gasteiger partial charge >= 0.3 is 0 Å². The Balaban J connectivity index is 2.24. The summed E-state index contributed by atoms with van der Waals surface area (Å²) in [7, 11) is 0. The highest BCUT2D eigenvalue weighted by atomic mass is 19.1. The van der Waals surface area contributed by atoms with Crippen LogP contribution < -0.4 is 0 Å². The van der Waals surface area contributed by atoms with Crippen molar-refractivity contribution in [3.05, 3.63) is 35.1 Å². The zero-order chi connectivity index (χ0) is 11.5. The third-order valence-corrected chi connectivity index (χ3v) is 3.27. The van der Waals surface area contributed by atoms with Crippen LogP contribution in [0.4, 0.5) is 4.39 Å². The lowest BCUT2D eigenvalue weighted by Gasteiger charge is -2.14. The van der Waals surface area contributed by atoms with Crippen LogP contribution in [0.25, 0.3) is 0 Å². The lowest BCUT2D eigenvalue weighted by molar-refractivity contribution is -0.119. The number of Topliss-reactive ketones (excluding diaryl/α,β-unsaturated/α-hetero) is 1. The van der Waals surface area contributed by atoms with Crippen molar-refractivity contribution < 1.29 is 9.18 Å². The molecule has 2 rings (SSSR count). The van der Waals surface area contributed by atoms with Crippen LogP contribution in [0.2, 0.25) is 0 Å². The maximum Gasteiger partial charge on any atom is 0.133 e. The van der Waals surface area contributed by atoms with Crippen LogP contribution in [-0.4, -0.2) is 5.78 Å². The van der Waals surface area contributed by atoms with E-state index in [2.05, 4.69) is 0 Å². The topological polar surface area (TPSA) is 17.1 Å². The van der Waals surface area contributed by atoms with Crippen molar-refractivity contribution >= 4 is 5.78 Å². The molecule has 0 saturated heterocycles. The van der Waals surface area contributed by atoms with Crippen molar-refractivity contribution in [3.8, 4) is 0 Å². The fourth-order valence-electron chi connectivity index (χ4n) is 2.48. The second-order valence-corrected chi connectivity index (χ2v) is 4.75. The van der Waals surface area contributed by atoms with Gasteiger partial charge in [0.15, 0.2) is 0 Å². The van der Waals surface area contributed by atoms with Gasteiger partial charge in [-0.25, -0.2) is 4.39 Å². The van der Waals surface area contributed by atoms with Crippen molar-refractivity contribution in [1.82, 2.24) is 0 Å². The summed E-state index contributed by atoms with van der Waals surface area (Å²) < 4.78 is 13.3. The van der Waals surface area contributed by atoms with E-state index in [1.54, 1.807) is 6.07 Å². The third-order valence-electron chi connectivity index (χ3n) is 3.27. The number of hydrogen-bond donors (Lipinski definition) is 0. The number of ketones is 1. The Morgan fingerprint density at radius 1 is 1.25 bits per heavy atom. The van der Waals surface area contributed by atoms with Gasteiger partial charge in [-0.3, -0.25) is 4.79 Å². The number of rotatable bonds is 1. The van der Waals surface area contributed by atoms with Gasteiger partial charge in [0, 0.05) is 12.8 Å². The summed E-state index contributed by atoms with van der Waals surface area (Å²) in [6.07, 6.45) is 4.36. The molecule has 86 valence electrons. The van der Waals surface area contributed by atoms with E-state index < -0.39 is 0 Å². The molecule has 16 heavy (non-hydrogen) atoms. The number of aryl methyl sites for hydroxylation is 1. The summed E-state index contributed by atoms with van der Waals surface area (Å²) in [5.41, 5.74) is 1.93. The zero-order valence-corrected chi connectivity index (χ0v) is 9.63. The second-order valence-electron chi connectivity index (χ2n) is 4.75. The fraction of sp³-hybridized carbons (Fsp3) is 0.500. The fourth-order valence-corrected chi connectivity index (χ4v) is 2.48. The molecule has 0 heterocycles. The summed E-state index contributed by atoms with van der Waals surface area (Å²) in [5.74, 6) is 0.362. The highest BCUT2D eigenvalue weighted by Gasteiger charge is 2.19. The maximum absolute atomic E-state index is 13.3. The molecule has 1 aromatic rings. The second kappa shape index (κ2) is 4.77. The number of benzene rings is 1. The van der Waals surface area contributed by atoms with Gasteiger partial charge in [-0.15, -0.1) is 0 Å². The molecule has 0 aromatic heterocycles. The van der Waals surface area contributed by atoms with E-state index in [1.165, 1.54) is 6.07 Å². The van der Waals surface area contributed by atoms with Gasteiger partial charge in [-0.1, -0.05) is 12.5 Å². The van der Waals surface area contributed by atoms with Gasteiger partial charge < -0.3 is 0 Å². The van der Waals surface area contributed by atoms with Crippen LogP contribution in [0.3, 0.4) is 0 Å². The lowest BCUT2D eigenvalue weighted by Crippen LogP contribution is -2.04. The van der Waals surface area contributed by atoms with Gasteiger partial charge in [-0.2, -0.15) is 0 Å². The molecule has 2 heteroatoms. The summed E-state index contributed by atoms with van der Waals surface area (Å²) in [6, 6.07) is 5.12. The molecule has 1 atom stereocenters. The predicted octanol–water partition coefficient (Wildman–Crippen LogP) is 3.75. The monoisotopic (exact) mass is 220 g/mol. The molecule has 0 bridgehead atoms. The van der Waals surface area contributed by atoms with Crippen molar-refractivity contribution in [1.29, 1.82) is 0 Å². The highest BCUT2D eigenvalue weighted by molar-refractivity contribution is 5.79. The van der Waals surface area contributed by atoms with Gasteiger partial charge in [0.05, 0.1) is 0 Å². The Morgan fingerprint density at radius 3 is 2.81 bits per heavy atom. The Labute approximate surface area is 95.7 Å². The largest absolute Gasteiger partial charge is 0.300 e. The minimum atomic E-state index is -0.188. The summed E-state index contributed by atoms with van der Waals surface area (Å²) in [4.78, 5) is 11.5. The summed E-state index contributed by atoms with van der Waals surface area (Å²) in [5, 5.41) is 0. The van der Waals surface area contributed by atoms with Crippen molar-refractivity contribution in [3.63, 3.8) is 0 Å². The van der Waals surface area contributed by atoms with E-state index in [4.69, 9.17) is 0 Å². The standard InChI is InChI=1S/C14H17FO/c1-10-6-12(8-13(15)7-10)11-4-2-3-5-14(16)9-11/h6-8,11H,2-5,9H2,1H3. The van der Waals surface area contributed by atoms with E-state index in [-0.39, 0.29) is 11.7 Å². The highest BCUT2D eigenvalue weighted by Crippen LogP contribution is 2.30. The van der Waals surface area contributed by atoms with E-state index in [9.17, 15) is 9.18 Å². The molecule has 0 N–H and O–H groups in total. The Kier molecular flexibility index (Phi) is 3.37. The molecule has 1 saturated carbocycles. The smallest absolute Gasteiger partial charge is 0.133 e. The minimum Gasteiger partial charge on any atom is -0.300 e. The van der Waals surface area contributed by atoms with Crippen LogP contribution in [-0.2, 0) is 4.79 Å². The van der Waals surface area contributed by atoms with Crippen LogP contribution in [0.5, 0.6) is 0 Å². The Hall–Kier alpha value is -1.18. The molecular weight excluding hydrogens is 203 g/mol. The quantitative estimate of drug-likeness (QED) is 0.659. The van der Waals surface area contributed by atoms with Crippen LogP contribution in [0.1, 0.15) is 49.1 Å². The van der Waals surface area contributed by atoms with Gasteiger partial charge in [-0.05, 0) is 48.9 Å². The van der Waals surface area contributed by atoms with E-state index in [0.29, 0.717) is 18.6 Å². The first-order valence-electron chi connectivity index (χ1n) is 5.94. The first-order chi connectivity index (χ1) is 7.65. The third kappa shape index (κ3) is 2.69. The molecule has 1 aliphatic rings. The average Bonchev–Trinajstić information content (AvgIpc) is 2.41. The number of carbonyl (C=O) groups is 1. The molecular formula is C14H17FO. The van der Waals surface area contributed by atoms with Crippen LogP contribution >= 0.6 is 0 Å².